The smallest absolute Gasteiger partial charge is 0.300 e. The minimum absolute atomic E-state index is 0. The monoisotopic (exact) mass is 1840 g/mol. The van der Waals surface area contributed by atoms with Crippen LogP contribution in [0.3, 0.4) is 0 Å². The summed E-state index contributed by atoms with van der Waals surface area (Å²) >= 11 is 0. The molecule has 101 heteroatoms. The minimum atomic E-state index is -0.833. The highest BCUT2D eigenvalue weighted by Gasteiger charge is 1.65. The molecular weight excluding hydrogens is 1640 g/mol. The third-order valence-electron chi connectivity index (χ3n) is 0. The van der Waals surface area contributed by atoms with Gasteiger partial charge in [-0.05, 0) is 0 Å². The van der Waals surface area contributed by atoms with E-state index in [4.69, 9.17) is 9.90 Å². The largest absolute Gasteiger partial charge is 0.481 e. The Labute approximate surface area is 567 Å². The van der Waals surface area contributed by atoms with Crippen molar-refractivity contribution in [2.45, 2.75) is 6.92 Å². The number of carboxylic acid groups (broad SMARTS) is 1. The lowest BCUT2D eigenvalue weighted by molar-refractivity contribution is -0.134. The van der Waals surface area contributed by atoms with Crippen molar-refractivity contribution >= 4 is 5.97 Å². The van der Waals surface area contributed by atoms with Crippen LogP contribution in [-0.2, 0) is 4.79 Å². The van der Waals surface area contributed by atoms with E-state index in [9.17, 15) is 0 Å². The van der Waals surface area contributed by atoms with E-state index in [0.29, 0.717) is 0 Å². The first-order valence-electron chi connectivity index (χ1n) is 0.928. The predicted octanol–water partition coefficient (Wildman–Crippen LogP) is -81.6. The van der Waals surface area contributed by atoms with E-state index in [0.717, 1.165) is 6.92 Å². The van der Waals surface area contributed by atoms with Gasteiger partial charge in [0.25, 0.3) is 5.97 Å². The van der Waals surface area contributed by atoms with E-state index < -0.39 is 5.97 Å². The fourth-order valence-corrected chi connectivity index (χ4v) is 0. The molecule has 0 heterocycles. The molecule has 0 aromatic rings. The van der Waals surface area contributed by atoms with Gasteiger partial charge in [-0.3, -0.25) is 4.79 Å². The molecule has 0 radical (unpaired) electrons. The van der Waals surface area contributed by atoms with E-state index in [-0.39, 0.29) is 542 Å². The molecule has 0 saturated heterocycles. The van der Waals surface area contributed by atoms with E-state index in [1.165, 1.54) is 0 Å². The molecule has 0 aromatic carbocycles. The number of carboxylic acids is 1. The van der Waals surface area contributed by atoms with Crippen LogP contribution in [0, 0.1) is 0 Å². The van der Waals surface area contributed by atoms with Gasteiger partial charge in [0, 0.05) is 6.92 Å². The van der Waals surface area contributed by atoms with Crippen LogP contribution in [0.15, 0.2) is 0 Å². The number of carbonyl (C=O) groups is 1. The zero-order valence-electron chi connectivity index (χ0n) is 51.9. The van der Waals surface area contributed by atoms with Crippen molar-refractivity contribution in [1.29, 1.82) is 0 Å². The summed E-state index contributed by atoms with van der Waals surface area (Å²) in [5, 5.41) is 7.42. The summed E-state index contributed by atoms with van der Waals surface area (Å²) < 4.78 is 0. The molecule has 0 aliphatic heterocycles. The van der Waals surface area contributed by atoms with Crippen LogP contribution in [-0.4, -0.2) is 553 Å². The molecule has 0 unspecified atom stereocenters. The summed E-state index contributed by atoms with van der Waals surface area (Å²) in [6.07, 6.45) is 0. The summed E-state index contributed by atoms with van der Waals surface area (Å²) in [5.74, 6) is -0.833. The van der Waals surface area contributed by atoms with Gasteiger partial charge in [0.2, 0.25) is 0 Å². The Morgan fingerprint density at radius 2 is 0.0874 bits per heavy atom. The standard InChI is InChI=1S/C2H4O2.99H2O/c1-2(3)4;;;;;;;;;;;;;;;;;;;;;;;;;;;;;;;;;;;;;;;;;;;;;;;;;;;;;;;;;;;;;;;;;;;;;;;;;;;;;;;;;;;;;;;;;;;;;;;;;;;/h1H3,(H,3,4);99*1H2. The molecule has 0 aromatic heterocycles. The van der Waals surface area contributed by atoms with Gasteiger partial charge in [-0.15, -0.1) is 0 Å². The van der Waals surface area contributed by atoms with Crippen LogP contribution < -0.4 is 0 Å². The topological polar surface area (TPSA) is 3160 Å². The van der Waals surface area contributed by atoms with Gasteiger partial charge in [-0.1, -0.05) is 0 Å². The van der Waals surface area contributed by atoms with Crippen molar-refractivity contribution in [3.05, 3.63) is 0 Å². The lowest BCUT2D eigenvalue weighted by Crippen LogP contribution is -1.78. The normalized spacial score (nSPS) is 0.243. The molecule has 103 heavy (non-hydrogen) atoms. The first-order chi connectivity index (χ1) is 1.73. The third-order valence-corrected chi connectivity index (χ3v) is 0. The zero-order chi connectivity index (χ0) is 3.58. The van der Waals surface area contributed by atoms with Crippen molar-refractivity contribution in [3.8, 4) is 0 Å². The molecule has 0 atom stereocenters. The van der Waals surface area contributed by atoms with E-state index in [1.807, 2.05) is 0 Å². The summed E-state index contributed by atoms with van der Waals surface area (Å²) in [5.41, 5.74) is 0. The van der Waals surface area contributed by atoms with Gasteiger partial charge >= 0.3 is 0 Å². The number of aliphatic carboxylic acids is 1. The molecule has 199 N–H and O–H groups in total. The highest BCUT2D eigenvalue weighted by Crippen LogP contribution is 1.42. The highest BCUT2D eigenvalue weighted by atomic mass is 16.4. The highest BCUT2D eigenvalue weighted by molar-refractivity contribution is 5.62. The molecule has 0 saturated carbocycles. The van der Waals surface area contributed by atoms with Crippen LogP contribution in [0.1, 0.15) is 6.92 Å². The van der Waals surface area contributed by atoms with Gasteiger partial charge in [-0.25, -0.2) is 0 Å². The Balaban J connectivity index is -0.00000000000928. The molecule has 0 fully saturated rings. The maximum absolute atomic E-state index is 9.00. The van der Waals surface area contributed by atoms with E-state index >= 15 is 0 Å². The molecule has 0 bridgehead atoms. The van der Waals surface area contributed by atoms with Crippen molar-refractivity contribution < 1.29 is 552 Å². The van der Waals surface area contributed by atoms with Gasteiger partial charge in [0.1, 0.15) is 0 Å². The molecule has 0 spiro atoms. The van der Waals surface area contributed by atoms with Crippen LogP contribution in [0.25, 0.3) is 0 Å². The molecule has 0 amide bonds. The molecule has 0 aliphatic rings. The zero-order valence-corrected chi connectivity index (χ0v) is 51.9. The second-order valence-electron chi connectivity index (χ2n) is 0.519. The second-order valence-corrected chi connectivity index (χ2v) is 0.519. The Bertz CT molecular complexity index is 37.2. The van der Waals surface area contributed by atoms with Crippen LogP contribution in [0.2, 0.25) is 0 Å². The summed E-state index contributed by atoms with van der Waals surface area (Å²) in [7, 11) is 0. The summed E-state index contributed by atoms with van der Waals surface area (Å²) in [6, 6.07) is 0. The third kappa shape index (κ3) is 44100. The quantitative estimate of drug-likeness (QED) is 0.247. The Morgan fingerprint density at radius 1 is 0.0874 bits per heavy atom. The number of rotatable bonds is 0. The molecular formula is C2H202O101. The van der Waals surface area contributed by atoms with Gasteiger partial charge in [-0.2, -0.15) is 0 Å². The predicted molar refractivity (Wildman–Crippen MR) is 371 cm³/mol. The maximum atomic E-state index is 9.00. The van der Waals surface area contributed by atoms with Crippen LogP contribution in [0.4, 0.5) is 0 Å². The van der Waals surface area contributed by atoms with Crippen molar-refractivity contribution in [1.82, 2.24) is 0 Å². The number of hydrogen-bond donors (Lipinski definition) is 1. The van der Waals surface area contributed by atoms with Gasteiger partial charge < -0.3 is 547 Å². The fraction of sp³-hybridized carbons (Fsp3) is 0.500. The molecule has 101 nitrogen and oxygen atoms in total. The average Bonchev–Trinajstić information content (AvgIpc) is 0.811. The lowest BCUT2D eigenvalue weighted by atomic mass is 10.9. The van der Waals surface area contributed by atoms with E-state index in [2.05, 4.69) is 0 Å². The van der Waals surface area contributed by atoms with Crippen LogP contribution >= 0.6 is 0 Å². The number of hydrogen-bond acceptors (Lipinski definition) is 1. The Kier molecular flexibility index (Phi) is 1680000000. The molecule has 0 aliphatic carbocycles. The fourth-order valence-electron chi connectivity index (χ4n) is 0. The first-order valence-corrected chi connectivity index (χ1v) is 0.928. The Morgan fingerprint density at radius 3 is 0.0874 bits per heavy atom. The average molecular weight is 1840 g/mol. The minimum Gasteiger partial charge on any atom is -0.481 e. The van der Waals surface area contributed by atoms with Crippen molar-refractivity contribution in [2.24, 2.45) is 0 Å². The van der Waals surface area contributed by atoms with Gasteiger partial charge in [0.15, 0.2) is 0 Å². The molecule has 816 valence electrons. The van der Waals surface area contributed by atoms with Crippen molar-refractivity contribution in [3.63, 3.8) is 0 Å². The second kappa shape index (κ2) is 409000. The van der Waals surface area contributed by atoms with Crippen molar-refractivity contribution in [2.75, 3.05) is 0 Å². The SMILES string of the molecule is CC(=O)O.O.O.O.O.O.O.O.O.O.O.O.O.O.O.O.O.O.O.O.O.O.O.O.O.O.O.O.O.O.O.O.O.O.O.O.O.O.O.O.O.O.O.O.O.O.O.O.O.O.O.O.O.O.O.O.O.O.O.O.O.O.O.O.O.O.O.O.O.O.O.O.O.O.O.O.O.O.O.O.O.O.O.O.O.O.O.O.O.O.O.O.O.O.O.O.O.O.O.O. The summed E-state index contributed by atoms with van der Waals surface area (Å²) in [4.78, 5) is 9.00. The van der Waals surface area contributed by atoms with E-state index in [1.54, 1.807) is 0 Å². The first kappa shape index (κ1) is 422000. The molecule has 0 rings (SSSR count). The lowest BCUT2D eigenvalue weighted by Gasteiger charge is -1.59. The van der Waals surface area contributed by atoms with Gasteiger partial charge in [0.05, 0.1) is 0 Å². The Hall–Kier alpha value is -4.49. The maximum Gasteiger partial charge on any atom is 0.300 e. The van der Waals surface area contributed by atoms with Crippen LogP contribution in [0.5, 0.6) is 0 Å². The summed E-state index contributed by atoms with van der Waals surface area (Å²) in [6.45, 7) is 1.08.